The molecule has 0 spiro atoms. The number of aromatic carboxylic acids is 1. The molecule has 0 heterocycles. The van der Waals surface area contributed by atoms with Crippen LogP contribution < -0.4 is 10.2 Å². The summed E-state index contributed by atoms with van der Waals surface area (Å²) in [4.78, 5) is 37.4. The summed E-state index contributed by atoms with van der Waals surface area (Å²) in [6, 6.07) is 22.7. The second kappa shape index (κ2) is 11.1. The first-order chi connectivity index (χ1) is 17.0. The molecule has 35 heavy (non-hydrogen) atoms. The van der Waals surface area contributed by atoms with Crippen molar-refractivity contribution in [2.45, 2.75) is 5.92 Å². The largest absolute Gasteiger partial charge is 0.478 e. The summed E-state index contributed by atoms with van der Waals surface area (Å²) < 4.78 is 5.51. The minimum absolute atomic E-state index is 0.00404. The van der Waals surface area contributed by atoms with Gasteiger partial charge in [-0.15, -0.1) is 0 Å². The Morgan fingerprint density at radius 2 is 1.54 bits per heavy atom. The molecule has 0 saturated carbocycles. The Morgan fingerprint density at radius 1 is 0.943 bits per heavy atom. The summed E-state index contributed by atoms with van der Waals surface area (Å²) in [5, 5.41) is 12.0. The van der Waals surface area contributed by atoms with Crippen molar-refractivity contribution >= 4 is 35.4 Å². The molecule has 1 aliphatic carbocycles. The first-order valence-corrected chi connectivity index (χ1v) is 12.4. The van der Waals surface area contributed by atoms with Gasteiger partial charge in [-0.2, -0.15) is 11.8 Å². The average Bonchev–Trinajstić information content (AvgIpc) is 3.20. The molecule has 0 aromatic heterocycles. The van der Waals surface area contributed by atoms with Crippen LogP contribution in [0.15, 0.2) is 72.8 Å². The highest BCUT2D eigenvalue weighted by atomic mass is 32.2. The van der Waals surface area contributed by atoms with Gasteiger partial charge in [0.2, 0.25) is 5.91 Å². The molecule has 180 valence electrons. The van der Waals surface area contributed by atoms with Crippen LogP contribution in [0.1, 0.15) is 27.4 Å². The fraction of sp³-hybridized carbons (Fsp3) is 0.222. The van der Waals surface area contributed by atoms with E-state index in [0.29, 0.717) is 18.0 Å². The fourth-order valence-corrected chi connectivity index (χ4v) is 4.97. The van der Waals surface area contributed by atoms with Crippen molar-refractivity contribution in [3.63, 3.8) is 0 Å². The molecule has 0 atom stereocenters. The number of carbonyl (C=O) groups excluding carboxylic acids is 2. The van der Waals surface area contributed by atoms with Gasteiger partial charge in [-0.3, -0.25) is 4.79 Å². The average molecular weight is 491 g/mol. The van der Waals surface area contributed by atoms with Crippen LogP contribution in [0, 0.1) is 0 Å². The Hall–Kier alpha value is -3.78. The topological polar surface area (TPSA) is 95.9 Å². The van der Waals surface area contributed by atoms with Gasteiger partial charge in [0.25, 0.3) is 0 Å². The van der Waals surface area contributed by atoms with E-state index in [4.69, 9.17) is 4.74 Å². The maximum absolute atomic E-state index is 12.5. The molecule has 3 aromatic rings. The number of benzene rings is 3. The summed E-state index contributed by atoms with van der Waals surface area (Å²) in [5.74, 6) is -0.615. The highest BCUT2D eigenvalue weighted by Crippen LogP contribution is 2.44. The number of nitrogens with one attached hydrogen (secondary N) is 1. The molecule has 0 saturated heterocycles. The summed E-state index contributed by atoms with van der Waals surface area (Å²) >= 11 is 1.36. The predicted octanol–water partition coefficient (Wildman–Crippen LogP) is 4.62. The van der Waals surface area contributed by atoms with Crippen LogP contribution in [-0.4, -0.2) is 54.8 Å². The van der Waals surface area contributed by atoms with Crippen molar-refractivity contribution < 1.29 is 24.2 Å². The molecule has 0 bridgehead atoms. The third-order valence-electron chi connectivity index (χ3n) is 5.95. The second-order valence-electron chi connectivity index (χ2n) is 8.08. The Bertz CT molecular complexity index is 1200. The quantitative estimate of drug-likeness (QED) is 0.425. The van der Waals surface area contributed by atoms with Crippen molar-refractivity contribution in [2.24, 2.45) is 0 Å². The number of carbonyl (C=O) groups is 3. The Labute approximate surface area is 208 Å². The first kappa shape index (κ1) is 24.3. The van der Waals surface area contributed by atoms with Crippen molar-refractivity contribution in [3.8, 4) is 11.1 Å². The van der Waals surface area contributed by atoms with E-state index in [1.165, 1.54) is 33.9 Å². The van der Waals surface area contributed by atoms with Crippen LogP contribution in [0.25, 0.3) is 11.1 Å². The number of rotatable bonds is 9. The lowest BCUT2D eigenvalue weighted by Crippen LogP contribution is -2.31. The van der Waals surface area contributed by atoms with Gasteiger partial charge in [0.05, 0.1) is 17.0 Å². The minimum Gasteiger partial charge on any atom is -0.478 e. The standard InChI is InChI=1S/C27H26N2O5S/c1-29(24-13-7-6-12-22(24)26(31)32)25(30)17-35-15-14-28-27(33)34-16-23-20-10-4-2-8-18(20)19-9-3-5-11-21(19)23/h2-13,23H,14-17H2,1H3,(H,28,33)(H,31,32). The van der Waals surface area contributed by atoms with E-state index in [1.807, 2.05) is 24.3 Å². The predicted molar refractivity (Wildman–Crippen MR) is 137 cm³/mol. The molecule has 3 aromatic carbocycles. The van der Waals surface area contributed by atoms with Crippen LogP contribution in [0.3, 0.4) is 0 Å². The van der Waals surface area contributed by atoms with Crippen molar-refractivity contribution in [1.29, 1.82) is 0 Å². The van der Waals surface area contributed by atoms with Gasteiger partial charge in [0, 0.05) is 25.3 Å². The lowest BCUT2D eigenvalue weighted by Gasteiger charge is -2.19. The van der Waals surface area contributed by atoms with E-state index < -0.39 is 12.1 Å². The maximum atomic E-state index is 12.5. The molecule has 2 amide bonds. The van der Waals surface area contributed by atoms with E-state index in [1.54, 1.807) is 25.2 Å². The fourth-order valence-electron chi connectivity index (χ4n) is 4.21. The van der Waals surface area contributed by atoms with E-state index in [2.05, 4.69) is 29.6 Å². The molecule has 7 nitrogen and oxygen atoms in total. The summed E-state index contributed by atoms with van der Waals surface area (Å²) in [6.45, 7) is 0.601. The SMILES string of the molecule is CN(C(=O)CSCCNC(=O)OCC1c2ccccc2-c2ccccc21)c1ccccc1C(=O)O. The van der Waals surface area contributed by atoms with E-state index in [-0.39, 0.29) is 29.7 Å². The zero-order valence-corrected chi connectivity index (χ0v) is 20.1. The number of thioether (sulfide) groups is 1. The van der Waals surface area contributed by atoms with Crippen LogP contribution in [-0.2, 0) is 9.53 Å². The summed E-state index contributed by atoms with van der Waals surface area (Å²) in [7, 11) is 1.56. The zero-order valence-electron chi connectivity index (χ0n) is 19.3. The number of alkyl carbamates (subject to hydrolysis) is 1. The van der Waals surface area contributed by atoms with E-state index in [9.17, 15) is 19.5 Å². The Balaban J connectivity index is 1.20. The van der Waals surface area contributed by atoms with E-state index >= 15 is 0 Å². The normalized spacial score (nSPS) is 11.9. The number of anilines is 1. The van der Waals surface area contributed by atoms with Crippen LogP contribution in [0.4, 0.5) is 10.5 Å². The lowest BCUT2D eigenvalue weighted by atomic mass is 9.98. The summed E-state index contributed by atoms with van der Waals surface area (Å²) in [6.07, 6.45) is -0.494. The number of amides is 2. The second-order valence-corrected chi connectivity index (χ2v) is 9.19. The Morgan fingerprint density at radius 3 is 2.20 bits per heavy atom. The first-order valence-electron chi connectivity index (χ1n) is 11.2. The van der Waals surface area contributed by atoms with E-state index in [0.717, 1.165) is 11.1 Å². The van der Waals surface area contributed by atoms with Gasteiger partial charge in [0.15, 0.2) is 0 Å². The third-order valence-corrected chi connectivity index (χ3v) is 6.90. The molecular weight excluding hydrogens is 464 g/mol. The molecule has 1 aliphatic rings. The van der Waals surface area contributed by atoms with Gasteiger partial charge in [-0.05, 0) is 34.4 Å². The number of carboxylic acid groups (broad SMARTS) is 1. The molecule has 0 aliphatic heterocycles. The van der Waals surface area contributed by atoms with Gasteiger partial charge >= 0.3 is 12.1 Å². The van der Waals surface area contributed by atoms with Gasteiger partial charge in [-0.1, -0.05) is 60.7 Å². The zero-order chi connectivity index (χ0) is 24.8. The maximum Gasteiger partial charge on any atom is 0.407 e. The summed E-state index contributed by atoms with van der Waals surface area (Å²) in [5.41, 5.74) is 5.09. The molecule has 0 radical (unpaired) electrons. The van der Waals surface area contributed by atoms with Gasteiger partial charge in [0.1, 0.15) is 6.61 Å². The van der Waals surface area contributed by atoms with Gasteiger partial charge < -0.3 is 20.1 Å². The van der Waals surface area contributed by atoms with Gasteiger partial charge in [-0.25, -0.2) is 9.59 Å². The third kappa shape index (κ3) is 5.49. The molecule has 0 unspecified atom stereocenters. The number of hydrogen-bond donors (Lipinski definition) is 2. The molecule has 0 fully saturated rings. The van der Waals surface area contributed by atoms with Crippen LogP contribution >= 0.6 is 11.8 Å². The monoisotopic (exact) mass is 490 g/mol. The molecule has 4 rings (SSSR count). The number of carboxylic acids is 1. The number of ether oxygens (including phenoxy) is 1. The molecular formula is C27H26N2O5S. The number of para-hydroxylation sites is 1. The minimum atomic E-state index is -1.08. The van der Waals surface area contributed by atoms with Crippen molar-refractivity contribution in [2.75, 3.05) is 36.6 Å². The van der Waals surface area contributed by atoms with Crippen molar-refractivity contribution in [3.05, 3.63) is 89.5 Å². The molecule has 2 N–H and O–H groups in total. The Kier molecular flexibility index (Phi) is 7.72. The van der Waals surface area contributed by atoms with Crippen LogP contribution in [0.2, 0.25) is 0 Å². The number of hydrogen-bond acceptors (Lipinski definition) is 5. The smallest absolute Gasteiger partial charge is 0.407 e. The number of fused-ring (bicyclic) bond motifs is 3. The molecule has 8 heteroatoms. The lowest BCUT2D eigenvalue weighted by molar-refractivity contribution is -0.115. The highest BCUT2D eigenvalue weighted by Gasteiger charge is 2.29. The highest BCUT2D eigenvalue weighted by molar-refractivity contribution is 7.99. The van der Waals surface area contributed by atoms with Crippen molar-refractivity contribution in [1.82, 2.24) is 5.32 Å². The number of nitrogens with zero attached hydrogens (tertiary/aromatic N) is 1. The van der Waals surface area contributed by atoms with Crippen LogP contribution in [0.5, 0.6) is 0 Å².